The number of nitrogens with one attached hydrogen (secondary N) is 1. The summed E-state index contributed by atoms with van der Waals surface area (Å²) < 4.78 is 6.73. The molecule has 3 rings (SSSR count). The average molecular weight is 397 g/mol. The molecule has 7 heteroatoms. The van der Waals surface area contributed by atoms with E-state index in [0.29, 0.717) is 17.4 Å². The number of hydrogen-bond acceptors (Lipinski definition) is 5. The van der Waals surface area contributed by atoms with Crippen molar-refractivity contribution in [3.63, 3.8) is 0 Å². The predicted molar refractivity (Wildman–Crippen MR) is 93.4 cm³/mol. The van der Waals surface area contributed by atoms with E-state index in [-0.39, 0.29) is 0 Å². The molecule has 0 saturated carbocycles. The molecule has 0 bridgehead atoms. The quantitative estimate of drug-likeness (QED) is 0.572. The van der Waals surface area contributed by atoms with Crippen LogP contribution in [0.1, 0.15) is 5.69 Å². The lowest BCUT2D eigenvalue weighted by molar-refractivity contribution is 0.482. The molecule has 0 radical (unpaired) electrons. The van der Waals surface area contributed by atoms with Gasteiger partial charge in [0.1, 0.15) is 5.75 Å². The molecular weight excluding hydrogens is 386 g/mol. The number of pyridine rings is 1. The Kier molecular flexibility index (Phi) is 4.92. The molecule has 2 aromatic heterocycles. The van der Waals surface area contributed by atoms with Crippen molar-refractivity contribution in [2.45, 2.75) is 5.88 Å². The van der Waals surface area contributed by atoms with Crippen LogP contribution in [0, 0.1) is 0 Å². The lowest BCUT2D eigenvalue weighted by Crippen LogP contribution is -1.97. The summed E-state index contributed by atoms with van der Waals surface area (Å²) >= 11 is 10.7. The average Bonchev–Trinajstić information content (AvgIpc) is 2.99. The molecule has 0 aliphatic carbocycles. The van der Waals surface area contributed by atoms with Gasteiger partial charge in [-0.05, 0) is 28.1 Å². The Balaban J connectivity index is 1.87. The van der Waals surface area contributed by atoms with E-state index in [9.17, 15) is 0 Å². The Morgan fingerprint density at radius 1 is 1.27 bits per heavy atom. The predicted octanol–water partition coefficient (Wildman–Crippen LogP) is 5.58. The zero-order valence-corrected chi connectivity index (χ0v) is 14.5. The summed E-state index contributed by atoms with van der Waals surface area (Å²) in [6.07, 6.45) is 1.70. The van der Waals surface area contributed by atoms with Gasteiger partial charge >= 0.3 is 0 Å². The molecule has 1 aromatic carbocycles. The molecule has 22 heavy (non-hydrogen) atoms. The maximum Gasteiger partial charge on any atom is 0.188 e. The first-order valence-corrected chi connectivity index (χ1v) is 8.61. The van der Waals surface area contributed by atoms with Crippen LogP contribution in [0.25, 0.3) is 0 Å². The van der Waals surface area contributed by atoms with Crippen molar-refractivity contribution >= 4 is 49.8 Å². The smallest absolute Gasteiger partial charge is 0.188 e. The van der Waals surface area contributed by atoms with Crippen LogP contribution in [0.3, 0.4) is 0 Å². The third-order valence-corrected chi connectivity index (χ3v) is 4.22. The number of rotatable bonds is 5. The third kappa shape index (κ3) is 3.76. The second kappa shape index (κ2) is 7.09. The van der Waals surface area contributed by atoms with Crippen LogP contribution in [0.5, 0.6) is 11.5 Å². The number of alkyl halides is 1. The molecule has 112 valence electrons. The van der Waals surface area contributed by atoms with E-state index in [4.69, 9.17) is 16.3 Å². The van der Waals surface area contributed by atoms with Crippen molar-refractivity contribution in [2.24, 2.45) is 0 Å². The van der Waals surface area contributed by atoms with Gasteiger partial charge in [0.25, 0.3) is 0 Å². The SMILES string of the molecule is ClCc1csc(Nc2ncc(Br)cc2Oc2ccccc2)n1. The van der Waals surface area contributed by atoms with Crippen LogP contribution >= 0.6 is 38.9 Å². The lowest BCUT2D eigenvalue weighted by atomic mass is 10.3. The van der Waals surface area contributed by atoms with E-state index in [1.165, 1.54) is 11.3 Å². The standard InChI is InChI=1S/C15H11BrClN3OS/c16-10-6-13(21-12-4-2-1-3-5-12)14(18-8-10)20-15-19-11(7-17)9-22-15/h1-6,8-9H,7H2,(H,18,19,20). The van der Waals surface area contributed by atoms with E-state index >= 15 is 0 Å². The summed E-state index contributed by atoms with van der Waals surface area (Å²) in [7, 11) is 0. The Hall–Kier alpha value is -1.63. The van der Waals surface area contributed by atoms with Gasteiger partial charge < -0.3 is 10.1 Å². The van der Waals surface area contributed by atoms with Crippen LogP contribution in [0.15, 0.2) is 52.4 Å². The molecule has 0 saturated heterocycles. The number of para-hydroxylation sites is 1. The van der Waals surface area contributed by atoms with Gasteiger partial charge in [0, 0.05) is 22.1 Å². The van der Waals surface area contributed by atoms with Crippen LogP contribution < -0.4 is 10.1 Å². The van der Waals surface area contributed by atoms with Crippen LogP contribution in [-0.2, 0) is 5.88 Å². The number of ether oxygens (including phenoxy) is 1. The number of hydrogen-bond donors (Lipinski definition) is 1. The van der Waals surface area contributed by atoms with E-state index < -0.39 is 0 Å². The van der Waals surface area contributed by atoms with E-state index in [0.717, 1.165) is 21.0 Å². The second-order valence-electron chi connectivity index (χ2n) is 4.32. The number of thiazole rings is 1. The highest BCUT2D eigenvalue weighted by atomic mass is 79.9. The molecule has 3 aromatic rings. The fraction of sp³-hybridized carbons (Fsp3) is 0.0667. The molecule has 2 heterocycles. The summed E-state index contributed by atoms with van der Waals surface area (Å²) in [6, 6.07) is 11.4. The maximum absolute atomic E-state index is 5.89. The van der Waals surface area contributed by atoms with Crippen molar-refractivity contribution in [2.75, 3.05) is 5.32 Å². The molecule has 1 N–H and O–H groups in total. The summed E-state index contributed by atoms with van der Waals surface area (Å²) in [6.45, 7) is 0. The van der Waals surface area contributed by atoms with Crippen molar-refractivity contribution in [3.8, 4) is 11.5 Å². The first kappa shape index (κ1) is 15.3. The van der Waals surface area contributed by atoms with Crippen molar-refractivity contribution in [1.82, 2.24) is 9.97 Å². The monoisotopic (exact) mass is 395 g/mol. The van der Waals surface area contributed by atoms with Crippen LogP contribution in [0.2, 0.25) is 0 Å². The molecule has 0 unspecified atom stereocenters. The normalized spacial score (nSPS) is 10.5. The largest absolute Gasteiger partial charge is 0.453 e. The van der Waals surface area contributed by atoms with Gasteiger partial charge in [-0.1, -0.05) is 18.2 Å². The minimum absolute atomic E-state index is 0.388. The highest BCUT2D eigenvalue weighted by Crippen LogP contribution is 2.33. The van der Waals surface area contributed by atoms with Gasteiger partial charge in [0.05, 0.1) is 11.6 Å². The first-order valence-electron chi connectivity index (χ1n) is 6.40. The highest BCUT2D eigenvalue weighted by Gasteiger charge is 2.10. The Bertz CT molecular complexity index is 766. The molecule has 0 amide bonds. The summed E-state index contributed by atoms with van der Waals surface area (Å²) in [5.41, 5.74) is 0.830. The maximum atomic E-state index is 5.89. The van der Waals surface area contributed by atoms with Gasteiger partial charge in [0.15, 0.2) is 16.7 Å². The molecular formula is C15H11BrClN3OS. The summed E-state index contributed by atoms with van der Waals surface area (Å²) in [5, 5.41) is 5.80. The van der Waals surface area contributed by atoms with Crippen molar-refractivity contribution < 1.29 is 4.74 Å². The summed E-state index contributed by atoms with van der Waals surface area (Å²) in [4.78, 5) is 8.72. The molecule has 0 spiro atoms. The molecule has 0 atom stereocenters. The second-order valence-corrected chi connectivity index (χ2v) is 6.36. The highest BCUT2D eigenvalue weighted by molar-refractivity contribution is 9.10. The number of halogens is 2. The molecule has 0 fully saturated rings. The third-order valence-electron chi connectivity index (χ3n) is 2.70. The first-order chi connectivity index (χ1) is 10.7. The van der Waals surface area contributed by atoms with Gasteiger partial charge in [0.2, 0.25) is 0 Å². The molecule has 0 aliphatic rings. The lowest BCUT2D eigenvalue weighted by Gasteiger charge is -2.11. The minimum Gasteiger partial charge on any atom is -0.453 e. The van der Waals surface area contributed by atoms with Crippen molar-refractivity contribution in [1.29, 1.82) is 0 Å². The number of anilines is 2. The van der Waals surface area contributed by atoms with Gasteiger partial charge in [-0.3, -0.25) is 0 Å². The molecule has 0 aliphatic heterocycles. The zero-order chi connectivity index (χ0) is 15.4. The van der Waals surface area contributed by atoms with Crippen LogP contribution in [0.4, 0.5) is 10.9 Å². The zero-order valence-electron chi connectivity index (χ0n) is 11.3. The Morgan fingerprint density at radius 2 is 2.09 bits per heavy atom. The summed E-state index contributed by atoms with van der Waals surface area (Å²) in [5.74, 6) is 2.34. The van der Waals surface area contributed by atoms with E-state index in [2.05, 4.69) is 31.2 Å². The van der Waals surface area contributed by atoms with Crippen LogP contribution in [-0.4, -0.2) is 9.97 Å². The fourth-order valence-corrected chi connectivity index (χ4v) is 2.98. The van der Waals surface area contributed by atoms with E-state index in [1.807, 2.05) is 41.8 Å². The van der Waals surface area contributed by atoms with Gasteiger partial charge in [-0.15, -0.1) is 22.9 Å². The van der Waals surface area contributed by atoms with E-state index in [1.54, 1.807) is 6.20 Å². The topological polar surface area (TPSA) is 47.0 Å². The van der Waals surface area contributed by atoms with Gasteiger partial charge in [-0.2, -0.15) is 0 Å². The minimum atomic E-state index is 0.388. The molecule has 4 nitrogen and oxygen atoms in total. The Morgan fingerprint density at radius 3 is 2.82 bits per heavy atom. The fourth-order valence-electron chi connectivity index (χ4n) is 1.73. The Labute approximate surface area is 145 Å². The number of benzene rings is 1. The number of nitrogens with zero attached hydrogens (tertiary/aromatic N) is 2. The van der Waals surface area contributed by atoms with Gasteiger partial charge in [-0.25, -0.2) is 9.97 Å². The van der Waals surface area contributed by atoms with Crippen molar-refractivity contribution in [3.05, 3.63) is 58.1 Å². The number of aromatic nitrogens is 2.